The van der Waals surface area contributed by atoms with Crippen LogP contribution in [0.25, 0.3) is 6.08 Å². The first-order valence-corrected chi connectivity index (χ1v) is 11.4. The van der Waals surface area contributed by atoms with Crippen LogP contribution in [-0.2, 0) is 10.2 Å². The molecule has 170 valence electrons. The molecule has 0 saturated carbocycles. The number of hydrogen-bond acceptors (Lipinski definition) is 3. The summed E-state index contributed by atoms with van der Waals surface area (Å²) in [7, 11) is 1.60. The summed E-state index contributed by atoms with van der Waals surface area (Å²) in [5, 5.41) is 3.63. The molecule has 32 heavy (non-hydrogen) atoms. The van der Waals surface area contributed by atoms with E-state index < -0.39 is 0 Å². The van der Waals surface area contributed by atoms with Gasteiger partial charge in [0.25, 0.3) is 0 Å². The van der Waals surface area contributed by atoms with Crippen LogP contribution in [0.4, 0.5) is 14.9 Å². The number of amides is 2. The number of fused-ring (bicyclic) bond motifs is 2. The smallest absolute Gasteiger partial charge is 0.321 e. The third-order valence-corrected chi connectivity index (χ3v) is 6.72. The van der Waals surface area contributed by atoms with Gasteiger partial charge in [-0.3, -0.25) is 9.80 Å². The zero-order chi connectivity index (χ0) is 22.6. The first-order chi connectivity index (χ1) is 15.5. The van der Waals surface area contributed by atoms with Gasteiger partial charge in [0.2, 0.25) is 0 Å². The highest BCUT2D eigenvalue weighted by atomic mass is 35.5. The van der Waals surface area contributed by atoms with Crippen molar-refractivity contribution in [2.24, 2.45) is 0 Å². The minimum Gasteiger partial charge on any atom is -0.383 e. The molecule has 2 heterocycles. The van der Waals surface area contributed by atoms with Crippen molar-refractivity contribution in [2.75, 3.05) is 51.3 Å². The Bertz CT molecular complexity index is 972. The summed E-state index contributed by atoms with van der Waals surface area (Å²) in [6.07, 6.45) is 6.05. The van der Waals surface area contributed by atoms with Crippen LogP contribution in [0.2, 0.25) is 5.02 Å². The van der Waals surface area contributed by atoms with E-state index in [1.807, 2.05) is 24.3 Å². The molecule has 2 aliphatic heterocycles. The lowest BCUT2D eigenvalue weighted by atomic mass is 9.74. The number of nitrogens with zero attached hydrogens (tertiary/aromatic N) is 2. The molecule has 0 bridgehead atoms. The number of urea groups is 1. The Balaban J connectivity index is 1.41. The third-order valence-electron chi connectivity index (χ3n) is 6.47. The maximum absolute atomic E-state index is 14.1. The van der Waals surface area contributed by atoms with Crippen LogP contribution in [0, 0.1) is 5.82 Å². The van der Waals surface area contributed by atoms with Crippen LogP contribution in [0.5, 0.6) is 0 Å². The maximum Gasteiger partial charge on any atom is 0.321 e. The Hall–Kier alpha value is -2.41. The largest absolute Gasteiger partial charge is 0.383 e. The van der Waals surface area contributed by atoms with Gasteiger partial charge < -0.3 is 10.1 Å². The van der Waals surface area contributed by atoms with Crippen molar-refractivity contribution in [1.29, 1.82) is 0 Å². The molecule has 0 aromatic heterocycles. The minimum absolute atomic E-state index is 0.153. The molecule has 1 N–H and O–H groups in total. The summed E-state index contributed by atoms with van der Waals surface area (Å²) in [5.74, 6) is -0.252. The van der Waals surface area contributed by atoms with E-state index in [0.717, 1.165) is 54.3 Å². The van der Waals surface area contributed by atoms with Gasteiger partial charge in [-0.2, -0.15) is 0 Å². The quantitative estimate of drug-likeness (QED) is 0.639. The van der Waals surface area contributed by atoms with Crippen molar-refractivity contribution < 1.29 is 13.9 Å². The Morgan fingerprint density at radius 3 is 2.69 bits per heavy atom. The van der Waals surface area contributed by atoms with E-state index >= 15 is 0 Å². The summed E-state index contributed by atoms with van der Waals surface area (Å²) >= 11 is 5.94. The fourth-order valence-electron chi connectivity index (χ4n) is 4.68. The fraction of sp³-hybridized carbons (Fsp3) is 0.400. The second-order valence-electron chi connectivity index (χ2n) is 8.51. The SMILES string of the molecule is COCCNC(=O)N1CC2(CCN(C/C=C/c3ccc(Cl)cc3)CC2)c2cc(F)ccc21. The number of piperidine rings is 1. The van der Waals surface area contributed by atoms with E-state index in [9.17, 15) is 9.18 Å². The van der Waals surface area contributed by atoms with Crippen LogP contribution in [0.15, 0.2) is 48.5 Å². The molecule has 5 nitrogen and oxygen atoms in total. The van der Waals surface area contributed by atoms with Crippen molar-refractivity contribution in [3.8, 4) is 0 Å². The normalized spacial score (nSPS) is 17.8. The number of likely N-dealkylation sites (tertiary alicyclic amines) is 1. The predicted octanol–water partition coefficient (Wildman–Crippen LogP) is 4.70. The molecule has 1 fully saturated rings. The van der Waals surface area contributed by atoms with Crippen molar-refractivity contribution in [2.45, 2.75) is 18.3 Å². The van der Waals surface area contributed by atoms with E-state index in [1.54, 1.807) is 24.1 Å². The molecule has 2 amide bonds. The molecular formula is C25H29ClFN3O2. The van der Waals surface area contributed by atoms with Gasteiger partial charge >= 0.3 is 6.03 Å². The Labute approximate surface area is 193 Å². The van der Waals surface area contributed by atoms with Gasteiger partial charge in [-0.25, -0.2) is 9.18 Å². The molecule has 2 aromatic rings. The number of carbonyl (C=O) groups excluding carboxylic acids is 1. The Kier molecular flexibility index (Phi) is 7.13. The van der Waals surface area contributed by atoms with Gasteiger partial charge in [0.1, 0.15) is 5.82 Å². The van der Waals surface area contributed by atoms with Crippen LogP contribution < -0.4 is 10.2 Å². The second kappa shape index (κ2) is 10.0. The van der Waals surface area contributed by atoms with E-state index in [-0.39, 0.29) is 17.3 Å². The molecule has 1 saturated heterocycles. The number of benzene rings is 2. The highest BCUT2D eigenvalue weighted by molar-refractivity contribution is 6.30. The molecular weight excluding hydrogens is 429 g/mol. The molecule has 4 rings (SSSR count). The van der Waals surface area contributed by atoms with E-state index in [1.165, 1.54) is 6.07 Å². The number of halogens is 2. The lowest BCUT2D eigenvalue weighted by Gasteiger charge is -2.39. The van der Waals surface area contributed by atoms with E-state index in [4.69, 9.17) is 16.3 Å². The summed E-state index contributed by atoms with van der Waals surface area (Å²) in [5.41, 5.74) is 2.69. The van der Waals surface area contributed by atoms with E-state index in [2.05, 4.69) is 22.4 Å². The molecule has 0 aliphatic carbocycles. The van der Waals surface area contributed by atoms with Gasteiger partial charge in [0.05, 0.1) is 6.61 Å². The van der Waals surface area contributed by atoms with Crippen LogP contribution in [0.1, 0.15) is 24.0 Å². The lowest BCUT2D eigenvalue weighted by molar-refractivity contribution is 0.179. The number of rotatable bonds is 6. The Morgan fingerprint density at radius 2 is 1.97 bits per heavy atom. The Morgan fingerprint density at radius 1 is 1.22 bits per heavy atom. The number of hydrogen-bond donors (Lipinski definition) is 1. The number of ether oxygens (including phenoxy) is 1. The standard InChI is InChI=1S/C25H29ClFN3O2/c1-32-16-12-28-24(31)30-18-25(22-17-21(27)8-9-23(22)30)10-14-29(15-11-25)13-2-3-19-4-6-20(26)7-5-19/h2-9,17H,10-16,18H2,1H3,(H,28,31)/b3-2+. The van der Waals surface area contributed by atoms with Gasteiger partial charge in [0, 0.05) is 42.9 Å². The van der Waals surface area contributed by atoms with Crippen LogP contribution >= 0.6 is 11.6 Å². The number of carbonyl (C=O) groups is 1. The molecule has 0 radical (unpaired) electrons. The molecule has 1 spiro atoms. The summed E-state index contributed by atoms with van der Waals surface area (Å²) in [6, 6.07) is 12.4. The van der Waals surface area contributed by atoms with E-state index in [0.29, 0.717) is 19.7 Å². The molecule has 0 atom stereocenters. The number of anilines is 1. The van der Waals surface area contributed by atoms with Crippen molar-refractivity contribution in [1.82, 2.24) is 10.2 Å². The molecule has 2 aliphatic rings. The summed E-state index contributed by atoms with van der Waals surface area (Å²) in [4.78, 5) is 17.0. The maximum atomic E-state index is 14.1. The zero-order valence-corrected chi connectivity index (χ0v) is 19.1. The van der Waals surface area contributed by atoms with Crippen molar-refractivity contribution in [3.63, 3.8) is 0 Å². The summed E-state index contributed by atoms with van der Waals surface area (Å²) in [6.45, 7) is 4.15. The van der Waals surface area contributed by atoms with Crippen molar-refractivity contribution >= 4 is 29.4 Å². The minimum atomic E-state index is -0.252. The topological polar surface area (TPSA) is 44.8 Å². The highest BCUT2D eigenvalue weighted by Crippen LogP contribution is 2.47. The molecule has 2 aromatic carbocycles. The molecule has 0 unspecified atom stereocenters. The van der Waals surface area contributed by atoms with Gasteiger partial charge in [-0.1, -0.05) is 35.9 Å². The van der Waals surface area contributed by atoms with Gasteiger partial charge in [-0.05, 0) is 67.4 Å². The van der Waals surface area contributed by atoms with Crippen LogP contribution in [0.3, 0.4) is 0 Å². The number of nitrogens with one attached hydrogen (secondary N) is 1. The average molecular weight is 458 g/mol. The lowest BCUT2D eigenvalue weighted by Crippen LogP contribution is -2.48. The second-order valence-corrected chi connectivity index (χ2v) is 8.94. The average Bonchev–Trinajstić information content (AvgIpc) is 3.10. The predicted molar refractivity (Wildman–Crippen MR) is 127 cm³/mol. The highest BCUT2D eigenvalue weighted by Gasteiger charge is 2.46. The fourth-order valence-corrected chi connectivity index (χ4v) is 4.81. The van der Waals surface area contributed by atoms with Gasteiger partial charge in [0.15, 0.2) is 0 Å². The zero-order valence-electron chi connectivity index (χ0n) is 18.3. The monoisotopic (exact) mass is 457 g/mol. The third kappa shape index (κ3) is 4.98. The van der Waals surface area contributed by atoms with Gasteiger partial charge in [-0.15, -0.1) is 0 Å². The number of methoxy groups -OCH3 is 1. The molecule has 7 heteroatoms. The van der Waals surface area contributed by atoms with Crippen molar-refractivity contribution in [3.05, 3.63) is 70.5 Å². The van der Waals surface area contributed by atoms with Crippen LogP contribution in [-0.4, -0.2) is 57.4 Å². The first-order valence-electron chi connectivity index (χ1n) is 11.0. The summed E-state index contributed by atoms with van der Waals surface area (Å²) < 4.78 is 19.2. The first kappa shape index (κ1) is 22.8.